The molecule has 80 valence electrons. The molecule has 1 aromatic carbocycles. The second-order valence-corrected chi connectivity index (χ2v) is 4.29. The van der Waals surface area contributed by atoms with E-state index in [1.807, 2.05) is 6.07 Å². The highest BCUT2D eigenvalue weighted by Crippen LogP contribution is 2.19. The first-order chi connectivity index (χ1) is 7.04. The number of carboxylic acids is 1. The van der Waals surface area contributed by atoms with Gasteiger partial charge in [0.1, 0.15) is 6.29 Å². The van der Waals surface area contributed by atoms with E-state index in [-0.39, 0.29) is 11.5 Å². The van der Waals surface area contributed by atoms with Gasteiger partial charge in [-0.05, 0) is 40.0 Å². The number of benzene rings is 1. The minimum Gasteiger partial charge on any atom is -0.478 e. The van der Waals surface area contributed by atoms with Crippen LogP contribution >= 0.6 is 15.9 Å². The van der Waals surface area contributed by atoms with Crippen LogP contribution in [-0.2, 0) is 11.2 Å². The highest BCUT2D eigenvalue weighted by molar-refractivity contribution is 9.10. The van der Waals surface area contributed by atoms with Crippen molar-refractivity contribution < 1.29 is 14.7 Å². The SMILES string of the molecule is CC(C=O)Cc1ccc(Br)c(C(=O)O)c1. The molecule has 0 aliphatic carbocycles. The molecule has 0 aliphatic rings. The lowest BCUT2D eigenvalue weighted by Crippen LogP contribution is -2.03. The van der Waals surface area contributed by atoms with Gasteiger partial charge in [-0.1, -0.05) is 13.0 Å². The number of halogens is 1. The molecule has 1 unspecified atom stereocenters. The third-order valence-corrected chi connectivity index (χ3v) is 2.74. The molecule has 0 fully saturated rings. The van der Waals surface area contributed by atoms with Crippen molar-refractivity contribution in [2.24, 2.45) is 5.92 Å². The largest absolute Gasteiger partial charge is 0.478 e. The van der Waals surface area contributed by atoms with Crippen LogP contribution in [0.2, 0.25) is 0 Å². The lowest BCUT2D eigenvalue weighted by molar-refractivity contribution is -0.110. The van der Waals surface area contributed by atoms with Crippen LogP contribution < -0.4 is 0 Å². The Labute approximate surface area is 96.2 Å². The first kappa shape index (κ1) is 11.9. The van der Waals surface area contributed by atoms with Crippen LogP contribution in [0.25, 0.3) is 0 Å². The average molecular weight is 271 g/mol. The smallest absolute Gasteiger partial charge is 0.336 e. The molecule has 0 aliphatic heterocycles. The van der Waals surface area contributed by atoms with Crippen molar-refractivity contribution in [2.75, 3.05) is 0 Å². The number of carbonyl (C=O) groups is 2. The fourth-order valence-corrected chi connectivity index (χ4v) is 1.70. The molecule has 1 rings (SSSR count). The normalized spacial score (nSPS) is 12.1. The summed E-state index contributed by atoms with van der Waals surface area (Å²) in [6.07, 6.45) is 1.43. The average Bonchev–Trinajstić information content (AvgIpc) is 2.20. The summed E-state index contributed by atoms with van der Waals surface area (Å²) >= 11 is 3.16. The summed E-state index contributed by atoms with van der Waals surface area (Å²) in [5.74, 6) is -1.06. The van der Waals surface area contributed by atoms with Gasteiger partial charge in [0, 0.05) is 10.4 Å². The van der Waals surface area contributed by atoms with Gasteiger partial charge >= 0.3 is 5.97 Å². The lowest BCUT2D eigenvalue weighted by Gasteiger charge is -2.06. The van der Waals surface area contributed by atoms with E-state index in [9.17, 15) is 9.59 Å². The van der Waals surface area contributed by atoms with Crippen LogP contribution in [0.5, 0.6) is 0 Å². The van der Waals surface area contributed by atoms with E-state index in [0.717, 1.165) is 11.8 Å². The Morgan fingerprint density at radius 3 is 2.80 bits per heavy atom. The number of hydrogen-bond donors (Lipinski definition) is 1. The molecule has 0 saturated heterocycles. The van der Waals surface area contributed by atoms with Crippen molar-refractivity contribution in [1.29, 1.82) is 0 Å². The summed E-state index contributed by atoms with van der Waals surface area (Å²) < 4.78 is 0.553. The summed E-state index contributed by atoms with van der Waals surface area (Å²) in [6, 6.07) is 5.10. The molecular formula is C11H11BrO3. The van der Waals surface area contributed by atoms with Gasteiger partial charge in [0.05, 0.1) is 5.56 Å². The van der Waals surface area contributed by atoms with Crippen LogP contribution in [0.4, 0.5) is 0 Å². The lowest BCUT2D eigenvalue weighted by atomic mass is 10.0. The molecule has 1 aromatic rings. The quantitative estimate of drug-likeness (QED) is 0.856. The van der Waals surface area contributed by atoms with Crippen molar-refractivity contribution in [3.8, 4) is 0 Å². The second-order valence-electron chi connectivity index (χ2n) is 3.44. The molecule has 0 amide bonds. The number of carbonyl (C=O) groups excluding carboxylic acids is 1. The van der Waals surface area contributed by atoms with Crippen LogP contribution in [0.1, 0.15) is 22.8 Å². The van der Waals surface area contributed by atoms with Crippen LogP contribution in [0, 0.1) is 5.92 Å². The molecule has 0 aromatic heterocycles. The van der Waals surface area contributed by atoms with Crippen molar-refractivity contribution in [3.63, 3.8) is 0 Å². The van der Waals surface area contributed by atoms with Gasteiger partial charge in [-0.25, -0.2) is 4.79 Å². The Morgan fingerprint density at radius 1 is 1.60 bits per heavy atom. The molecule has 3 nitrogen and oxygen atoms in total. The summed E-state index contributed by atoms with van der Waals surface area (Å²) in [5.41, 5.74) is 1.08. The van der Waals surface area contributed by atoms with Crippen LogP contribution in [0.15, 0.2) is 22.7 Å². The van der Waals surface area contributed by atoms with E-state index in [4.69, 9.17) is 5.11 Å². The maximum absolute atomic E-state index is 10.8. The Kier molecular flexibility index (Phi) is 4.03. The summed E-state index contributed by atoms with van der Waals surface area (Å²) in [7, 11) is 0. The van der Waals surface area contributed by atoms with Gasteiger partial charge in [0.25, 0.3) is 0 Å². The topological polar surface area (TPSA) is 54.4 Å². The zero-order valence-corrected chi connectivity index (χ0v) is 9.82. The van der Waals surface area contributed by atoms with E-state index < -0.39 is 5.97 Å². The van der Waals surface area contributed by atoms with Gasteiger partial charge < -0.3 is 9.90 Å². The highest BCUT2D eigenvalue weighted by atomic mass is 79.9. The van der Waals surface area contributed by atoms with Gasteiger partial charge in [-0.15, -0.1) is 0 Å². The third-order valence-electron chi connectivity index (χ3n) is 2.05. The molecule has 4 heteroatoms. The standard InChI is InChI=1S/C11H11BrO3/c1-7(6-13)4-8-2-3-10(12)9(5-8)11(14)15/h2-3,5-7H,4H2,1H3,(H,14,15). The third kappa shape index (κ3) is 3.16. The number of aldehydes is 1. The molecule has 0 heterocycles. The molecule has 15 heavy (non-hydrogen) atoms. The van der Waals surface area contributed by atoms with Crippen LogP contribution in [-0.4, -0.2) is 17.4 Å². The Morgan fingerprint density at radius 2 is 2.27 bits per heavy atom. The number of carboxylic acid groups (broad SMARTS) is 1. The molecule has 1 N–H and O–H groups in total. The minimum atomic E-state index is -0.970. The van der Waals surface area contributed by atoms with Crippen molar-refractivity contribution in [3.05, 3.63) is 33.8 Å². The van der Waals surface area contributed by atoms with E-state index in [1.54, 1.807) is 19.1 Å². The van der Waals surface area contributed by atoms with E-state index >= 15 is 0 Å². The number of rotatable bonds is 4. The first-order valence-corrected chi connectivity index (χ1v) is 5.31. The van der Waals surface area contributed by atoms with E-state index in [2.05, 4.69) is 15.9 Å². The summed E-state index contributed by atoms with van der Waals surface area (Å²) in [6.45, 7) is 1.80. The monoisotopic (exact) mass is 270 g/mol. The predicted octanol–water partition coefficient (Wildman–Crippen LogP) is 2.52. The molecule has 0 spiro atoms. The zero-order valence-electron chi connectivity index (χ0n) is 8.24. The summed E-state index contributed by atoms with van der Waals surface area (Å²) in [4.78, 5) is 21.3. The van der Waals surface area contributed by atoms with E-state index in [0.29, 0.717) is 10.9 Å². The predicted molar refractivity (Wildman–Crippen MR) is 60.0 cm³/mol. The molecule has 0 radical (unpaired) electrons. The molecule has 1 atom stereocenters. The Bertz CT molecular complexity index is 387. The van der Waals surface area contributed by atoms with Crippen molar-refractivity contribution >= 4 is 28.2 Å². The Balaban J connectivity index is 2.97. The zero-order chi connectivity index (χ0) is 11.4. The molecular weight excluding hydrogens is 260 g/mol. The van der Waals surface area contributed by atoms with Gasteiger partial charge in [0.15, 0.2) is 0 Å². The first-order valence-electron chi connectivity index (χ1n) is 4.51. The minimum absolute atomic E-state index is 0.0900. The number of aromatic carboxylic acids is 1. The van der Waals surface area contributed by atoms with Gasteiger partial charge in [-0.3, -0.25) is 0 Å². The molecule has 0 bridgehead atoms. The maximum Gasteiger partial charge on any atom is 0.336 e. The van der Waals surface area contributed by atoms with Crippen molar-refractivity contribution in [1.82, 2.24) is 0 Å². The van der Waals surface area contributed by atoms with E-state index in [1.165, 1.54) is 0 Å². The fraction of sp³-hybridized carbons (Fsp3) is 0.273. The van der Waals surface area contributed by atoms with Crippen molar-refractivity contribution in [2.45, 2.75) is 13.3 Å². The summed E-state index contributed by atoms with van der Waals surface area (Å²) in [5, 5.41) is 8.88. The van der Waals surface area contributed by atoms with Gasteiger partial charge in [-0.2, -0.15) is 0 Å². The fourth-order valence-electron chi connectivity index (χ4n) is 1.28. The second kappa shape index (κ2) is 5.07. The Hall–Kier alpha value is -1.16. The number of hydrogen-bond acceptors (Lipinski definition) is 2. The maximum atomic E-state index is 10.8. The van der Waals surface area contributed by atoms with Gasteiger partial charge in [0.2, 0.25) is 0 Å². The highest BCUT2D eigenvalue weighted by Gasteiger charge is 2.10. The van der Waals surface area contributed by atoms with Crippen LogP contribution in [0.3, 0.4) is 0 Å². The molecule has 0 saturated carbocycles.